The Hall–Kier alpha value is -2.96. The van der Waals surface area contributed by atoms with Crippen molar-refractivity contribution in [3.05, 3.63) is 82.8 Å². The molecule has 0 aliphatic rings. The van der Waals surface area contributed by atoms with Crippen molar-refractivity contribution in [2.75, 3.05) is 6.61 Å². The van der Waals surface area contributed by atoms with Crippen LogP contribution in [0.1, 0.15) is 32.4 Å². The molecule has 0 saturated heterocycles. The number of imidazole rings is 1. The Morgan fingerprint density at radius 2 is 1.62 bits per heavy atom. The van der Waals surface area contributed by atoms with Crippen LogP contribution >= 0.6 is 0 Å². The van der Waals surface area contributed by atoms with Crippen LogP contribution in [0.2, 0.25) is 19.1 Å². The Labute approximate surface area is 224 Å². The smallest absolute Gasteiger partial charge is 0.340 e. The molecule has 0 saturated carbocycles. The lowest BCUT2D eigenvalue weighted by atomic mass is 9.88. The predicted molar refractivity (Wildman–Crippen MR) is 140 cm³/mol. The maximum absolute atomic E-state index is 15.0. The zero-order chi connectivity index (χ0) is 29.2. The SMILES string of the molecule is CC(C)O[Si](C)(C)C[C@](O)(c1ccccc1F)[C@@H](C)n1ccn(-c2ccc(OCC(F)(F)C(F)F)cc2)c1=O. The van der Waals surface area contributed by atoms with Gasteiger partial charge in [-0.3, -0.25) is 9.13 Å². The highest BCUT2D eigenvalue weighted by atomic mass is 28.4. The summed E-state index contributed by atoms with van der Waals surface area (Å²) in [6.45, 7) is 7.72. The van der Waals surface area contributed by atoms with E-state index in [4.69, 9.17) is 9.16 Å². The molecule has 0 bridgehead atoms. The van der Waals surface area contributed by atoms with E-state index in [0.717, 1.165) is 0 Å². The van der Waals surface area contributed by atoms with Gasteiger partial charge in [-0.05, 0) is 64.2 Å². The van der Waals surface area contributed by atoms with Crippen LogP contribution < -0.4 is 10.4 Å². The Morgan fingerprint density at radius 1 is 1.00 bits per heavy atom. The molecule has 0 aliphatic heterocycles. The largest absolute Gasteiger partial charge is 0.487 e. The Morgan fingerprint density at radius 3 is 2.18 bits per heavy atom. The fraction of sp³-hybridized carbons (Fsp3) is 0.444. The first-order valence-corrected chi connectivity index (χ1v) is 15.5. The van der Waals surface area contributed by atoms with Gasteiger partial charge >= 0.3 is 18.0 Å². The second-order valence-corrected chi connectivity index (χ2v) is 14.5. The quantitative estimate of drug-likeness (QED) is 0.209. The number of rotatable bonds is 12. The van der Waals surface area contributed by atoms with E-state index in [2.05, 4.69) is 0 Å². The van der Waals surface area contributed by atoms with E-state index in [-0.39, 0.29) is 23.5 Å². The zero-order valence-corrected chi connectivity index (χ0v) is 23.4. The summed E-state index contributed by atoms with van der Waals surface area (Å²) in [5.41, 5.74) is -1.95. The molecular formula is C27H33F5N2O4Si. The highest BCUT2D eigenvalue weighted by Crippen LogP contribution is 2.41. The van der Waals surface area contributed by atoms with Crippen molar-refractivity contribution in [3.63, 3.8) is 0 Å². The maximum Gasteiger partial charge on any atom is 0.340 e. The number of aromatic nitrogens is 2. The fourth-order valence-corrected chi connectivity index (χ4v) is 7.81. The summed E-state index contributed by atoms with van der Waals surface area (Å²) in [6.07, 6.45) is -1.05. The number of aliphatic hydroxyl groups is 1. The van der Waals surface area contributed by atoms with Gasteiger partial charge < -0.3 is 14.3 Å². The Kier molecular flexibility index (Phi) is 9.13. The van der Waals surface area contributed by atoms with Gasteiger partial charge in [0.05, 0.1) is 11.7 Å². The van der Waals surface area contributed by atoms with Crippen LogP contribution in [0, 0.1) is 5.82 Å². The molecule has 3 rings (SSSR count). The summed E-state index contributed by atoms with van der Waals surface area (Å²) in [5, 5.41) is 12.1. The average molecular weight is 573 g/mol. The molecule has 0 fully saturated rings. The molecule has 2 atom stereocenters. The van der Waals surface area contributed by atoms with E-state index >= 15 is 4.39 Å². The van der Waals surface area contributed by atoms with Gasteiger partial charge in [-0.2, -0.15) is 8.78 Å². The van der Waals surface area contributed by atoms with E-state index in [9.17, 15) is 27.5 Å². The first-order valence-electron chi connectivity index (χ1n) is 12.4. The van der Waals surface area contributed by atoms with Crippen LogP contribution in [0.3, 0.4) is 0 Å². The van der Waals surface area contributed by atoms with Gasteiger partial charge in [0, 0.05) is 30.1 Å². The molecule has 0 aliphatic carbocycles. The van der Waals surface area contributed by atoms with Crippen molar-refractivity contribution in [1.82, 2.24) is 9.13 Å². The van der Waals surface area contributed by atoms with E-state index < -0.39 is 50.4 Å². The molecule has 0 amide bonds. The second-order valence-electron chi connectivity index (χ2n) is 10.4. The van der Waals surface area contributed by atoms with Gasteiger partial charge in [-0.1, -0.05) is 18.2 Å². The monoisotopic (exact) mass is 572 g/mol. The molecule has 1 N–H and O–H groups in total. The Bertz CT molecular complexity index is 1310. The van der Waals surface area contributed by atoms with Gasteiger partial charge in [0.2, 0.25) is 0 Å². The molecule has 12 heteroatoms. The van der Waals surface area contributed by atoms with E-state index in [0.29, 0.717) is 5.69 Å². The van der Waals surface area contributed by atoms with Gasteiger partial charge in [0.1, 0.15) is 17.2 Å². The minimum Gasteiger partial charge on any atom is -0.487 e. The molecule has 3 aromatic rings. The van der Waals surface area contributed by atoms with Crippen molar-refractivity contribution in [2.45, 2.75) is 70.0 Å². The molecule has 214 valence electrons. The zero-order valence-electron chi connectivity index (χ0n) is 22.4. The number of ether oxygens (including phenoxy) is 1. The first kappa shape index (κ1) is 30.6. The minimum atomic E-state index is -4.30. The Balaban J connectivity index is 1.94. The lowest BCUT2D eigenvalue weighted by molar-refractivity contribution is -0.148. The van der Waals surface area contributed by atoms with Crippen molar-refractivity contribution < 1.29 is 36.2 Å². The number of hydrogen-bond acceptors (Lipinski definition) is 4. The number of benzene rings is 2. The number of alkyl halides is 4. The van der Waals surface area contributed by atoms with Crippen LogP contribution in [0.25, 0.3) is 5.69 Å². The van der Waals surface area contributed by atoms with Crippen LogP contribution in [-0.4, -0.2) is 47.6 Å². The van der Waals surface area contributed by atoms with Crippen molar-refractivity contribution in [2.24, 2.45) is 0 Å². The molecule has 2 aromatic carbocycles. The number of nitrogens with zero attached hydrogens (tertiary/aromatic N) is 2. The second kappa shape index (κ2) is 11.6. The molecule has 0 radical (unpaired) electrons. The summed E-state index contributed by atoms with van der Waals surface area (Å²) in [5.74, 6) is -4.98. The summed E-state index contributed by atoms with van der Waals surface area (Å²) < 4.78 is 79.5. The summed E-state index contributed by atoms with van der Waals surface area (Å²) in [6, 6.07) is 10.4. The van der Waals surface area contributed by atoms with Crippen LogP contribution in [-0.2, 0) is 10.0 Å². The third-order valence-electron chi connectivity index (χ3n) is 6.37. The standard InChI is InChI=1S/C27H33F5N2O4Si/c1-18(2)38-39(4,5)17-26(36,22-8-6-7-9-23(22)28)19(3)33-14-15-34(25(33)35)20-10-12-21(13-11-20)37-16-27(31,32)24(29)30/h6-15,18-19,24,36H,16-17H2,1-5H3/t19-,26-/m1/s1. The molecule has 1 aromatic heterocycles. The first-order chi connectivity index (χ1) is 18.1. The van der Waals surface area contributed by atoms with Gasteiger partial charge in [0.15, 0.2) is 14.9 Å². The normalized spacial score (nSPS) is 15.0. The highest BCUT2D eigenvalue weighted by molar-refractivity contribution is 6.71. The average Bonchev–Trinajstić information content (AvgIpc) is 3.22. The van der Waals surface area contributed by atoms with Crippen LogP contribution in [0.5, 0.6) is 5.75 Å². The summed E-state index contributed by atoms with van der Waals surface area (Å²) in [7, 11) is -2.57. The molecule has 1 heterocycles. The van der Waals surface area contributed by atoms with Crippen LogP contribution in [0.4, 0.5) is 22.0 Å². The molecular weight excluding hydrogens is 539 g/mol. The summed E-state index contributed by atoms with van der Waals surface area (Å²) in [4.78, 5) is 13.4. The van der Waals surface area contributed by atoms with Crippen molar-refractivity contribution in [3.8, 4) is 11.4 Å². The highest BCUT2D eigenvalue weighted by Gasteiger charge is 2.46. The van der Waals surface area contributed by atoms with Gasteiger partial charge in [-0.25, -0.2) is 18.0 Å². The predicted octanol–water partition coefficient (Wildman–Crippen LogP) is 6.14. The van der Waals surface area contributed by atoms with Gasteiger partial charge in [0.25, 0.3) is 0 Å². The topological polar surface area (TPSA) is 65.6 Å². The molecule has 0 spiro atoms. The fourth-order valence-electron chi connectivity index (χ4n) is 4.67. The van der Waals surface area contributed by atoms with E-state index in [1.807, 2.05) is 26.9 Å². The van der Waals surface area contributed by atoms with Crippen molar-refractivity contribution >= 4 is 8.32 Å². The lowest BCUT2D eigenvalue weighted by Crippen LogP contribution is -2.47. The number of hydrogen-bond donors (Lipinski definition) is 1. The summed E-state index contributed by atoms with van der Waals surface area (Å²) >= 11 is 0. The third-order valence-corrected chi connectivity index (χ3v) is 8.87. The van der Waals surface area contributed by atoms with E-state index in [1.54, 1.807) is 13.0 Å². The van der Waals surface area contributed by atoms with E-state index in [1.165, 1.54) is 64.0 Å². The number of halogens is 5. The van der Waals surface area contributed by atoms with Crippen LogP contribution in [0.15, 0.2) is 65.7 Å². The molecule has 0 unspecified atom stereocenters. The minimum absolute atomic E-state index is 0.0483. The maximum atomic E-state index is 15.0. The lowest BCUT2D eigenvalue weighted by Gasteiger charge is -2.40. The molecule has 39 heavy (non-hydrogen) atoms. The molecule has 6 nitrogen and oxygen atoms in total. The van der Waals surface area contributed by atoms with Gasteiger partial charge in [-0.15, -0.1) is 0 Å². The van der Waals surface area contributed by atoms with Crippen molar-refractivity contribution in [1.29, 1.82) is 0 Å². The third kappa shape index (κ3) is 6.98.